The lowest BCUT2D eigenvalue weighted by atomic mass is 10.1. The van der Waals surface area contributed by atoms with Gasteiger partial charge in [0, 0.05) is 23.8 Å². The van der Waals surface area contributed by atoms with E-state index < -0.39 is 15.9 Å². The van der Waals surface area contributed by atoms with Gasteiger partial charge in [-0.2, -0.15) is 0 Å². The van der Waals surface area contributed by atoms with Crippen molar-refractivity contribution in [2.75, 3.05) is 12.4 Å². The van der Waals surface area contributed by atoms with Gasteiger partial charge in [-0.05, 0) is 49.7 Å². The highest BCUT2D eigenvalue weighted by atomic mass is 32.2. The van der Waals surface area contributed by atoms with Gasteiger partial charge in [0.2, 0.25) is 10.0 Å². The van der Waals surface area contributed by atoms with Gasteiger partial charge in [-0.25, -0.2) is 18.4 Å². The topological polar surface area (TPSA) is 140 Å². The molecule has 0 heterocycles. The normalized spacial score (nSPS) is 11.1. The van der Waals surface area contributed by atoms with E-state index in [4.69, 9.17) is 9.88 Å². The van der Waals surface area contributed by atoms with Crippen molar-refractivity contribution in [2.45, 2.75) is 31.3 Å². The highest BCUT2D eigenvalue weighted by Gasteiger charge is 2.16. The molecule has 2 aromatic rings. The van der Waals surface area contributed by atoms with Crippen LogP contribution in [0.3, 0.4) is 0 Å². The molecule has 156 valence electrons. The Bertz CT molecular complexity index is 988. The molecule has 0 atom stereocenters. The van der Waals surface area contributed by atoms with E-state index in [1.807, 2.05) is 13.8 Å². The standard InChI is InChI=1S/C19H24N4O5S/c1-12(2)22-19(25)21-11-13-4-6-14(7-5-13)18(24)23-15-8-9-16(28-3)17(10-15)29(20,26)27/h4-10,12H,11H2,1-3H3,(H,23,24)(H2,20,26,27)(H2,21,22,25). The van der Waals surface area contributed by atoms with Crippen molar-refractivity contribution < 1.29 is 22.7 Å². The van der Waals surface area contributed by atoms with Crippen molar-refractivity contribution in [1.29, 1.82) is 0 Å². The third kappa shape index (κ3) is 6.47. The average molecular weight is 420 g/mol. The van der Waals surface area contributed by atoms with Crippen molar-refractivity contribution in [3.05, 3.63) is 53.6 Å². The Morgan fingerprint density at radius 2 is 1.76 bits per heavy atom. The Morgan fingerprint density at radius 3 is 2.31 bits per heavy atom. The minimum Gasteiger partial charge on any atom is -0.495 e. The molecule has 2 rings (SSSR count). The summed E-state index contributed by atoms with van der Waals surface area (Å²) in [7, 11) is -2.69. The molecular weight excluding hydrogens is 396 g/mol. The molecule has 10 heteroatoms. The number of rotatable bonds is 7. The van der Waals surface area contributed by atoms with E-state index in [-0.39, 0.29) is 28.4 Å². The van der Waals surface area contributed by atoms with Crippen LogP contribution in [-0.2, 0) is 16.6 Å². The number of urea groups is 1. The van der Waals surface area contributed by atoms with Gasteiger partial charge in [-0.15, -0.1) is 0 Å². The number of nitrogens with one attached hydrogen (secondary N) is 3. The summed E-state index contributed by atoms with van der Waals surface area (Å²) >= 11 is 0. The first-order valence-corrected chi connectivity index (χ1v) is 10.3. The molecule has 0 bridgehead atoms. The number of hydrogen-bond acceptors (Lipinski definition) is 5. The molecule has 0 spiro atoms. The molecule has 0 aromatic heterocycles. The van der Waals surface area contributed by atoms with E-state index in [1.165, 1.54) is 25.3 Å². The maximum Gasteiger partial charge on any atom is 0.315 e. The predicted molar refractivity (Wildman–Crippen MR) is 109 cm³/mol. The lowest BCUT2D eigenvalue weighted by Gasteiger charge is -2.11. The Hall–Kier alpha value is -3.11. The number of carbonyl (C=O) groups is 2. The van der Waals surface area contributed by atoms with Crippen LogP contribution in [0.5, 0.6) is 5.75 Å². The summed E-state index contributed by atoms with van der Waals surface area (Å²) in [6.07, 6.45) is 0. The summed E-state index contributed by atoms with van der Waals surface area (Å²) in [6.45, 7) is 4.04. The fraction of sp³-hybridized carbons (Fsp3) is 0.263. The van der Waals surface area contributed by atoms with Crippen molar-refractivity contribution in [1.82, 2.24) is 10.6 Å². The number of ether oxygens (including phenoxy) is 1. The second kappa shape index (κ2) is 9.39. The summed E-state index contributed by atoms with van der Waals surface area (Å²) in [5, 5.41) is 13.2. The van der Waals surface area contributed by atoms with Crippen molar-refractivity contribution in [2.24, 2.45) is 5.14 Å². The number of hydrogen-bond donors (Lipinski definition) is 4. The van der Waals surface area contributed by atoms with Gasteiger partial charge < -0.3 is 20.7 Å². The van der Waals surface area contributed by atoms with Crippen LogP contribution in [0.15, 0.2) is 47.4 Å². The monoisotopic (exact) mass is 420 g/mol. The minimum atomic E-state index is -4.01. The molecule has 0 aliphatic carbocycles. The molecule has 2 aromatic carbocycles. The van der Waals surface area contributed by atoms with Crippen LogP contribution in [0.1, 0.15) is 29.8 Å². The fourth-order valence-electron chi connectivity index (χ4n) is 2.45. The maximum atomic E-state index is 12.4. The first kappa shape index (κ1) is 22.2. The van der Waals surface area contributed by atoms with Crippen LogP contribution in [0.4, 0.5) is 10.5 Å². The van der Waals surface area contributed by atoms with Crippen LogP contribution in [0.2, 0.25) is 0 Å². The molecule has 0 aliphatic rings. The quantitative estimate of drug-likeness (QED) is 0.541. The van der Waals surface area contributed by atoms with Crippen LogP contribution < -0.4 is 25.8 Å². The number of sulfonamides is 1. The molecule has 5 N–H and O–H groups in total. The molecule has 0 radical (unpaired) electrons. The Kier molecular flexibility index (Phi) is 7.18. The first-order chi connectivity index (χ1) is 13.6. The molecule has 0 fully saturated rings. The second-order valence-electron chi connectivity index (χ2n) is 6.54. The van der Waals surface area contributed by atoms with E-state index in [0.717, 1.165) is 5.56 Å². The molecule has 0 saturated carbocycles. The average Bonchev–Trinajstić information content (AvgIpc) is 2.65. The molecule has 0 saturated heterocycles. The Morgan fingerprint density at radius 1 is 1.10 bits per heavy atom. The van der Waals surface area contributed by atoms with Crippen molar-refractivity contribution in [3.8, 4) is 5.75 Å². The first-order valence-electron chi connectivity index (χ1n) is 8.75. The molecule has 29 heavy (non-hydrogen) atoms. The number of benzene rings is 2. The predicted octanol–water partition coefficient (Wildman–Crippen LogP) is 1.80. The Labute approximate surface area is 169 Å². The summed E-state index contributed by atoms with van der Waals surface area (Å²) in [5.41, 5.74) is 1.45. The smallest absolute Gasteiger partial charge is 0.315 e. The van der Waals surface area contributed by atoms with E-state index in [1.54, 1.807) is 24.3 Å². The van der Waals surface area contributed by atoms with Gasteiger partial charge >= 0.3 is 6.03 Å². The highest BCUT2D eigenvalue weighted by Crippen LogP contribution is 2.26. The number of amides is 3. The minimum absolute atomic E-state index is 0.0359. The van der Waals surface area contributed by atoms with E-state index in [0.29, 0.717) is 12.1 Å². The van der Waals surface area contributed by atoms with Crippen LogP contribution >= 0.6 is 0 Å². The number of carbonyl (C=O) groups excluding carboxylic acids is 2. The van der Waals surface area contributed by atoms with E-state index in [9.17, 15) is 18.0 Å². The van der Waals surface area contributed by atoms with Crippen molar-refractivity contribution >= 4 is 27.6 Å². The zero-order valence-corrected chi connectivity index (χ0v) is 17.2. The van der Waals surface area contributed by atoms with Gasteiger partial charge in [0.1, 0.15) is 10.6 Å². The van der Waals surface area contributed by atoms with Gasteiger partial charge in [0.15, 0.2) is 0 Å². The molecule has 9 nitrogen and oxygen atoms in total. The summed E-state index contributed by atoms with van der Waals surface area (Å²) < 4.78 is 28.3. The van der Waals surface area contributed by atoms with Gasteiger partial charge in [0.05, 0.1) is 7.11 Å². The van der Waals surface area contributed by atoms with Crippen LogP contribution in [-0.4, -0.2) is 33.5 Å². The van der Waals surface area contributed by atoms with Gasteiger partial charge in [0.25, 0.3) is 5.91 Å². The largest absolute Gasteiger partial charge is 0.495 e. The molecule has 0 aliphatic heterocycles. The zero-order valence-electron chi connectivity index (χ0n) is 16.4. The number of anilines is 1. The number of primary sulfonamides is 1. The third-order valence-corrected chi connectivity index (χ3v) is 4.75. The summed E-state index contributed by atoms with van der Waals surface area (Å²) in [5.74, 6) is -0.337. The van der Waals surface area contributed by atoms with E-state index in [2.05, 4.69) is 16.0 Å². The van der Waals surface area contributed by atoms with E-state index >= 15 is 0 Å². The van der Waals surface area contributed by atoms with Crippen LogP contribution in [0.25, 0.3) is 0 Å². The van der Waals surface area contributed by atoms with Gasteiger partial charge in [-0.3, -0.25) is 4.79 Å². The molecular formula is C19H24N4O5S. The Balaban J connectivity index is 2.05. The maximum absolute atomic E-state index is 12.4. The summed E-state index contributed by atoms with van der Waals surface area (Å²) in [4.78, 5) is 23.8. The van der Waals surface area contributed by atoms with Gasteiger partial charge in [-0.1, -0.05) is 12.1 Å². The second-order valence-corrected chi connectivity index (χ2v) is 8.07. The molecule has 3 amide bonds. The van der Waals surface area contributed by atoms with Crippen LogP contribution in [0, 0.1) is 0 Å². The lowest BCUT2D eigenvalue weighted by Crippen LogP contribution is -2.39. The lowest BCUT2D eigenvalue weighted by molar-refractivity contribution is 0.102. The van der Waals surface area contributed by atoms with Crippen molar-refractivity contribution in [3.63, 3.8) is 0 Å². The molecule has 0 unspecified atom stereocenters. The summed E-state index contributed by atoms with van der Waals surface area (Å²) in [6, 6.07) is 10.6. The highest BCUT2D eigenvalue weighted by molar-refractivity contribution is 7.89. The fourth-order valence-corrected chi connectivity index (χ4v) is 3.17. The zero-order chi connectivity index (χ0) is 21.6. The number of methoxy groups -OCH3 is 1. The number of nitrogens with two attached hydrogens (primary N) is 1. The SMILES string of the molecule is COc1ccc(NC(=O)c2ccc(CNC(=O)NC(C)C)cc2)cc1S(N)(=O)=O. The third-order valence-electron chi connectivity index (χ3n) is 3.82.